The van der Waals surface area contributed by atoms with Crippen LogP contribution in [0.4, 0.5) is 4.79 Å². The Morgan fingerprint density at radius 1 is 1.13 bits per heavy atom. The molecule has 2 amide bonds. The molecule has 1 N–H and O–H groups in total. The monoisotopic (exact) mass is 645 g/mol. The predicted molar refractivity (Wildman–Crippen MR) is 157 cm³/mol. The van der Waals surface area contributed by atoms with E-state index in [1.54, 1.807) is 18.3 Å². The Bertz CT molecular complexity index is 1330. The van der Waals surface area contributed by atoms with Crippen LogP contribution in [0, 0.1) is 5.92 Å². The molecular weight excluding hydrogens is 625 g/mol. The molecule has 0 bridgehead atoms. The summed E-state index contributed by atoms with van der Waals surface area (Å²) in [5.74, 6) is -1.37. The highest BCUT2D eigenvalue weighted by Gasteiger charge is 2.49. The molecule has 3 aromatic rings. The van der Waals surface area contributed by atoms with Gasteiger partial charge in [-0.1, -0.05) is 88.1 Å². The fraction of sp³-hybridized carbons (Fsp3) is 0.280. The molecule has 0 saturated carbocycles. The van der Waals surface area contributed by atoms with Crippen LogP contribution in [0.5, 0.6) is 0 Å². The number of halogens is 3. The van der Waals surface area contributed by atoms with Gasteiger partial charge in [-0.2, -0.15) is 0 Å². The van der Waals surface area contributed by atoms with Gasteiger partial charge in [0.25, 0.3) is 0 Å². The average molecular weight is 647 g/mol. The summed E-state index contributed by atoms with van der Waals surface area (Å²) >= 11 is 18.3. The molecule has 4 rings (SSSR count). The Labute approximate surface area is 251 Å². The van der Waals surface area contributed by atoms with Crippen molar-refractivity contribution in [3.63, 3.8) is 0 Å². The molecule has 1 aliphatic rings. The highest BCUT2D eigenvalue weighted by atomic mass is 35.6. The van der Waals surface area contributed by atoms with Gasteiger partial charge in [-0.25, -0.2) is 9.78 Å². The minimum absolute atomic E-state index is 0.114. The third kappa shape index (κ3) is 8.42. The number of nitrogens with zero attached hydrogens (tertiary/aromatic N) is 2. The second kappa shape index (κ2) is 13.5. The van der Waals surface area contributed by atoms with Crippen LogP contribution >= 0.6 is 67.7 Å². The number of alkyl carbamates (subject to hydrolysis) is 1. The third-order valence-corrected chi connectivity index (χ3v) is 9.83. The molecule has 1 saturated heterocycles. The minimum atomic E-state index is -1.74. The summed E-state index contributed by atoms with van der Waals surface area (Å²) in [6, 6.07) is 17.1. The van der Waals surface area contributed by atoms with Crippen molar-refractivity contribution in [3.8, 4) is 0 Å². The van der Waals surface area contributed by atoms with Gasteiger partial charge in [0, 0.05) is 6.20 Å². The first kappa shape index (κ1) is 29.8. The maximum absolute atomic E-state index is 13.1. The molecule has 2 aromatic carbocycles. The topological polar surface area (TPSA) is 97.8 Å². The number of aromatic nitrogens is 1. The van der Waals surface area contributed by atoms with Gasteiger partial charge in [-0.3, -0.25) is 14.9 Å². The van der Waals surface area contributed by atoms with Crippen molar-refractivity contribution >= 4 is 95.9 Å². The summed E-state index contributed by atoms with van der Waals surface area (Å²) in [4.78, 5) is 43.7. The fourth-order valence-electron chi connectivity index (χ4n) is 3.57. The fourth-order valence-corrected chi connectivity index (χ4v) is 7.84. The number of hydrogen-bond acceptors (Lipinski definition) is 9. The van der Waals surface area contributed by atoms with E-state index < -0.39 is 33.8 Å². The van der Waals surface area contributed by atoms with Crippen molar-refractivity contribution in [3.05, 3.63) is 71.9 Å². The van der Waals surface area contributed by atoms with Crippen LogP contribution in [0.3, 0.4) is 0 Å². The van der Waals surface area contributed by atoms with E-state index in [0.717, 1.165) is 20.1 Å². The lowest BCUT2D eigenvalue weighted by atomic mass is 9.91. The SMILES string of the molecule is CC(=CNC(=O)OCC(Cl)(Cl)Cl)[C@@H]1C(=O)N(CC(=O)OCc2ccccc2)C1SSc1nc2ccccc2s1. The summed E-state index contributed by atoms with van der Waals surface area (Å²) in [7, 11) is 2.83. The smallest absolute Gasteiger partial charge is 0.411 e. The van der Waals surface area contributed by atoms with E-state index in [1.807, 2.05) is 54.6 Å². The van der Waals surface area contributed by atoms with E-state index >= 15 is 0 Å². The summed E-state index contributed by atoms with van der Waals surface area (Å²) < 4.78 is 10.4. The second-order valence-electron chi connectivity index (χ2n) is 8.33. The van der Waals surface area contributed by atoms with Crippen LogP contribution in [-0.2, 0) is 25.7 Å². The Hall–Kier alpha value is -2.15. The number of nitrogens with one attached hydrogen (secondary N) is 1. The van der Waals surface area contributed by atoms with Crippen LogP contribution in [0.1, 0.15) is 12.5 Å². The van der Waals surface area contributed by atoms with Crippen molar-refractivity contribution in [1.82, 2.24) is 15.2 Å². The molecule has 1 aromatic heterocycles. The number of carbonyl (C=O) groups is 3. The molecule has 0 radical (unpaired) electrons. The number of thiazole rings is 1. The largest absolute Gasteiger partial charge is 0.459 e. The standard InChI is InChI=1S/C25H22Cl3N3O5S3/c1-15(11-29-23(34)36-14-25(26,27)28)20-21(33)31(12-19(32)35-13-16-7-3-2-4-8-16)22(20)38-39-24-30-17-9-5-6-10-18(17)37-24/h2-11,20,22H,12-14H2,1H3,(H,29,34)/t20-,22?/m1/s1. The molecule has 1 fully saturated rings. The number of β-lactam (4-membered cyclic amide) rings is 1. The maximum Gasteiger partial charge on any atom is 0.411 e. The molecule has 14 heteroatoms. The van der Waals surface area contributed by atoms with E-state index in [1.165, 1.54) is 32.7 Å². The molecule has 39 heavy (non-hydrogen) atoms. The number of hydrogen-bond donors (Lipinski definition) is 1. The molecule has 1 aliphatic heterocycles. The van der Waals surface area contributed by atoms with Crippen LogP contribution in [0.15, 0.2) is 70.7 Å². The van der Waals surface area contributed by atoms with Crippen LogP contribution in [0.2, 0.25) is 0 Å². The van der Waals surface area contributed by atoms with Gasteiger partial charge in [0.15, 0.2) is 4.34 Å². The van der Waals surface area contributed by atoms with Gasteiger partial charge in [0.05, 0.1) is 16.1 Å². The van der Waals surface area contributed by atoms with Crippen molar-refractivity contribution in [2.24, 2.45) is 5.92 Å². The molecular formula is C25H22Cl3N3O5S3. The van der Waals surface area contributed by atoms with Gasteiger partial charge >= 0.3 is 12.1 Å². The first-order valence-corrected chi connectivity index (χ1v) is 15.6. The van der Waals surface area contributed by atoms with Crippen molar-refractivity contribution < 1.29 is 23.9 Å². The molecule has 206 valence electrons. The third-order valence-electron chi connectivity index (χ3n) is 5.45. The summed E-state index contributed by atoms with van der Waals surface area (Å²) in [5, 5.41) is 2.03. The average Bonchev–Trinajstić information content (AvgIpc) is 3.33. The number of para-hydroxylation sites is 1. The van der Waals surface area contributed by atoms with Crippen molar-refractivity contribution in [2.45, 2.75) is 27.0 Å². The number of carbonyl (C=O) groups excluding carboxylic acids is 3. The zero-order valence-corrected chi connectivity index (χ0v) is 25.1. The first-order valence-electron chi connectivity index (χ1n) is 11.5. The number of fused-ring (bicyclic) bond motifs is 1. The van der Waals surface area contributed by atoms with Crippen LogP contribution in [0.25, 0.3) is 10.2 Å². The van der Waals surface area contributed by atoms with E-state index in [4.69, 9.17) is 44.3 Å². The molecule has 2 atom stereocenters. The van der Waals surface area contributed by atoms with Crippen LogP contribution < -0.4 is 5.32 Å². The number of benzene rings is 2. The predicted octanol–water partition coefficient (Wildman–Crippen LogP) is 6.56. The van der Waals surface area contributed by atoms with E-state index in [2.05, 4.69) is 10.3 Å². The minimum Gasteiger partial charge on any atom is -0.459 e. The van der Waals surface area contributed by atoms with Crippen molar-refractivity contribution in [2.75, 3.05) is 13.2 Å². The molecule has 8 nitrogen and oxygen atoms in total. The van der Waals surface area contributed by atoms with Gasteiger partial charge in [0.2, 0.25) is 9.70 Å². The molecule has 0 spiro atoms. The second-order valence-corrected chi connectivity index (χ2v) is 14.4. The molecule has 2 heterocycles. The van der Waals surface area contributed by atoms with E-state index in [9.17, 15) is 14.4 Å². The maximum atomic E-state index is 13.1. The lowest BCUT2D eigenvalue weighted by Gasteiger charge is -2.46. The highest BCUT2D eigenvalue weighted by molar-refractivity contribution is 8.77. The number of amides is 2. The number of esters is 1. The number of alkyl halides is 3. The Morgan fingerprint density at radius 3 is 2.56 bits per heavy atom. The normalized spacial score (nSPS) is 17.6. The zero-order valence-electron chi connectivity index (χ0n) is 20.3. The van der Waals surface area contributed by atoms with Crippen LogP contribution in [-0.4, -0.2) is 50.2 Å². The van der Waals surface area contributed by atoms with Gasteiger partial charge in [-0.15, -0.1) is 11.3 Å². The Kier molecular flexibility index (Phi) is 10.3. The van der Waals surface area contributed by atoms with Crippen molar-refractivity contribution in [1.29, 1.82) is 0 Å². The number of rotatable bonds is 10. The van der Waals surface area contributed by atoms with Gasteiger partial charge in [0.1, 0.15) is 25.1 Å². The quantitative estimate of drug-likeness (QED) is 0.114. The lowest BCUT2D eigenvalue weighted by Crippen LogP contribution is -2.61. The van der Waals surface area contributed by atoms with E-state index in [0.29, 0.717) is 5.57 Å². The van der Waals surface area contributed by atoms with E-state index in [-0.39, 0.29) is 19.1 Å². The number of ether oxygens (including phenoxy) is 2. The summed E-state index contributed by atoms with van der Waals surface area (Å²) in [6.45, 7) is 1.18. The zero-order chi connectivity index (χ0) is 28.0. The Balaban J connectivity index is 1.42. The summed E-state index contributed by atoms with van der Waals surface area (Å²) in [5.41, 5.74) is 2.31. The lowest BCUT2D eigenvalue weighted by molar-refractivity contribution is -0.159. The van der Waals surface area contributed by atoms with Gasteiger partial charge < -0.3 is 14.4 Å². The molecule has 1 unspecified atom stereocenters. The summed E-state index contributed by atoms with van der Waals surface area (Å²) in [6.07, 6.45) is 0.548. The highest BCUT2D eigenvalue weighted by Crippen LogP contribution is 2.48. The first-order chi connectivity index (χ1) is 18.6. The Morgan fingerprint density at radius 2 is 1.85 bits per heavy atom. The number of likely N-dealkylation sites (tertiary alicyclic amines) is 1. The van der Waals surface area contributed by atoms with Gasteiger partial charge in [-0.05, 0) is 41.0 Å². The molecule has 0 aliphatic carbocycles.